The third-order valence-electron chi connectivity index (χ3n) is 5.22. The van der Waals surface area contributed by atoms with Gasteiger partial charge in [-0.2, -0.15) is 0 Å². The number of rotatable bonds is 7. The van der Waals surface area contributed by atoms with Gasteiger partial charge in [0.05, 0.1) is 7.11 Å². The van der Waals surface area contributed by atoms with Crippen LogP contribution in [-0.2, 0) is 13.0 Å². The summed E-state index contributed by atoms with van der Waals surface area (Å²) in [5, 5.41) is 6.81. The quantitative estimate of drug-likeness (QED) is 0.549. The number of nitrogens with one attached hydrogen (secondary N) is 2. The molecular formula is C22H32N6O. The van der Waals surface area contributed by atoms with Crippen LogP contribution in [0.3, 0.4) is 0 Å². The zero-order chi connectivity index (χ0) is 20.5. The fourth-order valence-corrected chi connectivity index (χ4v) is 3.50. The number of pyridine rings is 1. The topological polar surface area (TPSA) is 65.0 Å². The Balaban J connectivity index is 1.53. The number of benzene rings is 1. The second-order valence-corrected chi connectivity index (χ2v) is 7.19. The zero-order valence-corrected chi connectivity index (χ0v) is 17.7. The highest BCUT2D eigenvalue weighted by molar-refractivity contribution is 5.79. The maximum absolute atomic E-state index is 5.42. The van der Waals surface area contributed by atoms with E-state index in [4.69, 9.17) is 4.74 Å². The van der Waals surface area contributed by atoms with Crippen molar-refractivity contribution in [3.63, 3.8) is 0 Å². The molecule has 1 aromatic heterocycles. The van der Waals surface area contributed by atoms with Gasteiger partial charge in [-0.05, 0) is 31.2 Å². The van der Waals surface area contributed by atoms with Crippen molar-refractivity contribution in [2.24, 2.45) is 4.99 Å². The fourth-order valence-electron chi connectivity index (χ4n) is 3.50. The number of anilines is 1. The molecule has 3 rings (SSSR count). The number of methoxy groups -OCH3 is 1. The van der Waals surface area contributed by atoms with Crippen LogP contribution >= 0.6 is 0 Å². The van der Waals surface area contributed by atoms with Crippen molar-refractivity contribution in [2.75, 3.05) is 58.8 Å². The van der Waals surface area contributed by atoms with Crippen molar-refractivity contribution >= 4 is 11.8 Å². The number of ether oxygens (including phenoxy) is 1. The van der Waals surface area contributed by atoms with Crippen LogP contribution in [0.5, 0.6) is 5.75 Å². The first-order valence-electron chi connectivity index (χ1n) is 10.1. The van der Waals surface area contributed by atoms with Crippen LogP contribution < -0.4 is 20.3 Å². The van der Waals surface area contributed by atoms with E-state index in [0.717, 1.165) is 56.7 Å². The summed E-state index contributed by atoms with van der Waals surface area (Å²) in [6, 6.07) is 12.2. The molecule has 0 atom stereocenters. The Labute approximate surface area is 173 Å². The lowest BCUT2D eigenvalue weighted by Gasteiger charge is -2.34. The molecule has 7 nitrogen and oxygen atoms in total. The SMILES string of the molecule is CN=C(NCCc1ccccc1OC)NCc1cccnc1N1CCN(C)CC1. The first-order valence-corrected chi connectivity index (χ1v) is 10.1. The summed E-state index contributed by atoms with van der Waals surface area (Å²) >= 11 is 0. The molecule has 0 amide bonds. The number of aliphatic imine (C=N–C) groups is 1. The molecule has 2 aromatic rings. The van der Waals surface area contributed by atoms with Gasteiger partial charge in [0.25, 0.3) is 0 Å². The number of para-hydroxylation sites is 1. The third kappa shape index (κ3) is 5.84. The predicted molar refractivity (Wildman–Crippen MR) is 119 cm³/mol. The normalized spacial score (nSPS) is 15.3. The second-order valence-electron chi connectivity index (χ2n) is 7.19. The molecule has 1 aliphatic heterocycles. The molecular weight excluding hydrogens is 364 g/mol. The van der Waals surface area contributed by atoms with Crippen LogP contribution in [0.25, 0.3) is 0 Å². The molecule has 1 fully saturated rings. The van der Waals surface area contributed by atoms with Crippen LogP contribution in [0, 0.1) is 0 Å². The Morgan fingerprint density at radius 2 is 1.83 bits per heavy atom. The van der Waals surface area contributed by atoms with Crippen molar-refractivity contribution in [1.82, 2.24) is 20.5 Å². The molecule has 1 aromatic carbocycles. The molecule has 0 radical (unpaired) electrons. The predicted octanol–water partition coefficient (Wildman–Crippen LogP) is 1.75. The molecule has 0 bridgehead atoms. The highest BCUT2D eigenvalue weighted by atomic mass is 16.5. The molecule has 2 N–H and O–H groups in total. The van der Waals surface area contributed by atoms with Gasteiger partial charge >= 0.3 is 0 Å². The fraction of sp³-hybridized carbons (Fsp3) is 0.455. The Bertz CT molecular complexity index is 801. The van der Waals surface area contributed by atoms with Crippen molar-refractivity contribution in [2.45, 2.75) is 13.0 Å². The highest BCUT2D eigenvalue weighted by Crippen LogP contribution is 2.19. The standard InChI is InChI=1S/C22H32N6O/c1-23-22(25-12-10-18-7-4-5-9-20(18)29-3)26-17-19-8-6-11-24-21(19)28-15-13-27(2)14-16-28/h4-9,11H,10,12-17H2,1-3H3,(H2,23,25,26). The summed E-state index contributed by atoms with van der Waals surface area (Å²) in [6.07, 6.45) is 2.74. The molecule has 0 unspecified atom stereocenters. The molecule has 0 spiro atoms. The number of hydrogen-bond acceptors (Lipinski definition) is 5. The summed E-state index contributed by atoms with van der Waals surface area (Å²) in [6.45, 7) is 5.60. The van der Waals surface area contributed by atoms with Gasteiger partial charge in [-0.15, -0.1) is 0 Å². The lowest BCUT2D eigenvalue weighted by atomic mass is 10.1. The van der Waals surface area contributed by atoms with E-state index in [1.54, 1.807) is 14.2 Å². The lowest BCUT2D eigenvalue weighted by molar-refractivity contribution is 0.312. The zero-order valence-electron chi connectivity index (χ0n) is 17.7. The molecule has 29 heavy (non-hydrogen) atoms. The third-order valence-corrected chi connectivity index (χ3v) is 5.22. The van der Waals surface area contributed by atoms with Gasteiger partial charge in [-0.1, -0.05) is 24.3 Å². The van der Waals surface area contributed by atoms with Gasteiger partial charge in [-0.25, -0.2) is 4.98 Å². The van der Waals surface area contributed by atoms with Crippen LogP contribution in [0.2, 0.25) is 0 Å². The first kappa shape index (κ1) is 20.9. The average Bonchev–Trinajstić information content (AvgIpc) is 2.77. The van der Waals surface area contributed by atoms with E-state index in [-0.39, 0.29) is 0 Å². The summed E-state index contributed by atoms with van der Waals surface area (Å²) in [7, 11) is 5.67. The number of nitrogens with zero attached hydrogens (tertiary/aromatic N) is 4. The summed E-state index contributed by atoms with van der Waals surface area (Å²) < 4.78 is 5.42. The van der Waals surface area contributed by atoms with E-state index in [1.165, 1.54) is 11.1 Å². The van der Waals surface area contributed by atoms with E-state index in [1.807, 2.05) is 30.5 Å². The number of piperazine rings is 1. The second kappa shape index (κ2) is 10.7. The van der Waals surface area contributed by atoms with Crippen LogP contribution in [0.15, 0.2) is 47.6 Å². The number of hydrogen-bond donors (Lipinski definition) is 2. The molecule has 1 aliphatic rings. The summed E-state index contributed by atoms with van der Waals surface area (Å²) in [5.74, 6) is 2.77. The van der Waals surface area contributed by atoms with Crippen molar-refractivity contribution in [3.05, 3.63) is 53.7 Å². The van der Waals surface area contributed by atoms with E-state index >= 15 is 0 Å². The number of likely N-dealkylation sites (N-methyl/N-ethyl adjacent to an activating group) is 1. The summed E-state index contributed by atoms with van der Waals surface area (Å²) in [5.41, 5.74) is 2.37. The van der Waals surface area contributed by atoms with Gasteiger partial charge in [-0.3, -0.25) is 4.99 Å². The lowest BCUT2D eigenvalue weighted by Crippen LogP contribution is -2.45. The van der Waals surface area contributed by atoms with E-state index in [0.29, 0.717) is 6.54 Å². The Hall–Kier alpha value is -2.80. The Morgan fingerprint density at radius 1 is 1.07 bits per heavy atom. The maximum Gasteiger partial charge on any atom is 0.191 e. The Morgan fingerprint density at radius 3 is 2.59 bits per heavy atom. The molecule has 7 heteroatoms. The molecule has 156 valence electrons. The van der Waals surface area contributed by atoms with Crippen molar-refractivity contribution in [3.8, 4) is 5.75 Å². The van der Waals surface area contributed by atoms with Gasteiger partial charge in [0.1, 0.15) is 11.6 Å². The summed E-state index contributed by atoms with van der Waals surface area (Å²) in [4.78, 5) is 13.7. The number of aromatic nitrogens is 1. The van der Waals surface area contributed by atoms with Crippen molar-refractivity contribution in [1.29, 1.82) is 0 Å². The van der Waals surface area contributed by atoms with Gasteiger partial charge < -0.3 is 25.2 Å². The minimum atomic E-state index is 0.684. The highest BCUT2D eigenvalue weighted by Gasteiger charge is 2.18. The molecule has 1 saturated heterocycles. The van der Waals surface area contributed by atoms with Crippen LogP contribution in [-0.4, -0.2) is 69.8 Å². The smallest absolute Gasteiger partial charge is 0.191 e. The van der Waals surface area contributed by atoms with Crippen molar-refractivity contribution < 1.29 is 4.74 Å². The van der Waals surface area contributed by atoms with Crippen LogP contribution in [0.1, 0.15) is 11.1 Å². The minimum absolute atomic E-state index is 0.684. The Kier molecular flexibility index (Phi) is 7.69. The van der Waals surface area contributed by atoms with Crippen LogP contribution in [0.4, 0.5) is 5.82 Å². The monoisotopic (exact) mass is 396 g/mol. The van der Waals surface area contributed by atoms with E-state index in [2.05, 4.69) is 49.6 Å². The number of guanidine groups is 1. The van der Waals surface area contributed by atoms with Gasteiger partial charge in [0, 0.05) is 58.1 Å². The van der Waals surface area contributed by atoms with E-state index < -0.39 is 0 Å². The first-order chi connectivity index (χ1) is 14.2. The van der Waals surface area contributed by atoms with E-state index in [9.17, 15) is 0 Å². The molecule has 0 aliphatic carbocycles. The molecule has 0 saturated carbocycles. The van der Waals surface area contributed by atoms with Gasteiger partial charge in [0.15, 0.2) is 5.96 Å². The minimum Gasteiger partial charge on any atom is -0.496 e. The maximum atomic E-state index is 5.42. The van der Waals surface area contributed by atoms with Gasteiger partial charge in [0.2, 0.25) is 0 Å². The average molecular weight is 397 g/mol. The largest absolute Gasteiger partial charge is 0.496 e. The molecule has 2 heterocycles.